The molecule has 0 radical (unpaired) electrons. The largest absolute Gasteiger partial charge is 0.435 e. The minimum absolute atomic E-state index is 0.0698. The van der Waals surface area contributed by atoms with Crippen LogP contribution in [0.5, 0.6) is 5.75 Å². The fourth-order valence-corrected chi connectivity index (χ4v) is 5.86. The molecule has 1 aliphatic rings. The van der Waals surface area contributed by atoms with Crippen molar-refractivity contribution in [1.29, 1.82) is 0 Å². The molecule has 0 spiro atoms. The lowest BCUT2D eigenvalue weighted by molar-refractivity contribution is -0.0500. The molecule has 0 bridgehead atoms. The zero-order valence-electron chi connectivity index (χ0n) is 20.4. The molecule has 198 valence electrons. The van der Waals surface area contributed by atoms with Crippen molar-refractivity contribution < 1.29 is 26.7 Å². The van der Waals surface area contributed by atoms with Gasteiger partial charge in [0, 0.05) is 43.8 Å². The molecular weight excluding hydrogens is 522 g/mol. The standard InChI is InChI=1S/C27H29ClF2N2O4S/c1-20-4-2-5-21(16-20)19-35-26(22-8-10-23(28)11-9-22)18-31-12-14-32(15-13-31)37(33,34)25-7-3-6-24(17-25)36-27(29)30/h2-11,16-17,26-27H,12-15,18-19H2,1H3/t26-/m1/s1. The molecule has 0 N–H and O–H groups in total. The van der Waals surface area contributed by atoms with E-state index < -0.39 is 16.6 Å². The third-order valence-corrected chi connectivity index (χ3v) is 8.35. The van der Waals surface area contributed by atoms with Gasteiger partial charge in [-0.3, -0.25) is 4.90 Å². The lowest BCUT2D eigenvalue weighted by Crippen LogP contribution is -2.49. The summed E-state index contributed by atoms with van der Waals surface area (Å²) in [6, 6.07) is 20.9. The summed E-state index contributed by atoms with van der Waals surface area (Å²) >= 11 is 6.08. The third-order valence-electron chi connectivity index (χ3n) is 6.20. The van der Waals surface area contributed by atoms with Crippen molar-refractivity contribution in [2.75, 3.05) is 32.7 Å². The van der Waals surface area contributed by atoms with E-state index in [1.165, 1.54) is 22.5 Å². The van der Waals surface area contributed by atoms with Gasteiger partial charge in [0.2, 0.25) is 10.0 Å². The maximum atomic E-state index is 13.1. The highest BCUT2D eigenvalue weighted by Crippen LogP contribution is 2.26. The number of rotatable bonds is 10. The molecule has 4 rings (SSSR count). The van der Waals surface area contributed by atoms with Crippen LogP contribution >= 0.6 is 11.6 Å². The average molecular weight is 551 g/mol. The first-order valence-electron chi connectivity index (χ1n) is 11.9. The van der Waals surface area contributed by atoms with Crippen LogP contribution in [0.1, 0.15) is 22.8 Å². The summed E-state index contributed by atoms with van der Waals surface area (Å²) in [5.74, 6) is -0.189. The van der Waals surface area contributed by atoms with Gasteiger partial charge in [0.15, 0.2) is 0 Å². The summed E-state index contributed by atoms with van der Waals surface area (Å²) in [5.41, 5.74) is 3.23. The van der Waals surface area contributed by atoms with Gasteiger partial charge in [-0.1, -0.05) is 59.6 Å². The number of ether oxygens (including phenoxy) is 2. The lowest BCUT2D eigenvalue weighted by atomic mass is 10.1. The summed E-state index contributed by atoms with van der Waals surface area (Å²) in [6.45, 7) is 1.59. The Balaban J connectivity index is 1.41. The molecule has 10 heteroatoms. The number of nitrogens with zero attached hydrogens (tertiary/aromatic N) is 2. The fraction of sp³-hybridized carbons (Fsp3) is 0.333. The molecule has 0 aromatic heterocycles. The highest BCUT2D eigenvalue weighted by atomic mass is 35.5. The second kappa shape index (κ2) is 12.3. The minimum atomic E-state index is -3.84. The van der Waals surface area contributed by atoms with Gasteiger partial charge in [-0.25, -0.2) is 8.42 Å². The summed E-state index contributed by atoms with van der Waals surface area (Å²) < 4.78 is 63.4. The molecule has 3 aromatic carbocycles. The number of aryl methyl sites for hydroxylation is 1. The Bertz CT molecular complexity index is 1280. The topological polar surface area (TPSA) is 59.1 Å². The van der Waals surface area contributed by atoms with Gasteiger partial charge in [-0.15, -0.1) is 0 Å². The summed E-state index contributed by atoms with van der Waals surface area (Å²) in [4.78, 5) is 2.09. The maximum absolute atomic E-state index is 13.1. The molecular formula is C27H29ClF2N2O4S. The predicted octanol–water partition coefficient (Wildman–Crippen LogP) is 5.51. The van der Waals surface area contributed by atoms with E-state index in [9.17, 15) is 17.2 Å². The van der Waals surface area contributed by atoms with E-state index in [4.69, 9.17) is 16.3 Å². The van der Waals surface area contributed by atoms with Crippen LogP contribution in [-0.2, 0) is 21.4 Å². The molecule has 1 fully saturated rings. The zero-order chi connectivity index (χ0) is 26.4. The van der Waals surface area contributed by atoms with Crippen LogP contribution in [0.3, 0.4) is 0 Å². The van der Waals surface area contributed by atoms with E-state index in [1.54, 1.807) is 0 Å². The van der Waals surface area contributed by atoms with Crippen LogP contribution in [0.2, 0.25) is 5.02 Å². The molecule has 0 unspecified atom stereocenters. The van der Waals surface area contributed by atoms with Crippen molar-refractivity contribution >= 4 is 21.6 Å². The second-order valence-corrected chi connectivity index (χ2v) is 11.3. The SMILES string of the molecule is Cc1cccc(CO[C@H](CN2CCN(S(=O)(=O)c3cccc(OC(F)F)c3)CC2)c2ccc(Cl)cc2)c1. The molecule has 0 aliphatic carbocycles. The Morgan fingerprint density at radius 1 is 0.946 bits per heavy atom. The van der Waals surface area contributed by atoms with Crippen molar-refractivity contribution in [3.05, 3.63) is 94.5 Å². The molecule has 1 atom stereocenters. The number of benzene rings is 3. The van der Waals surface area contributed by atoms with Crippen LogP contribution < -0.4 is 4.74 Å². The average Bonchev–Trinajstić information content (AvgIpc) is 2.87. The fourth-order valence-electron chi connectivity index (χ4n) is 4.28. The summed E-state index contributed by atoms with van der Waals surface area (Å²) in [5, 5.41) is 0.642. The van der Waals surface area contributed by atoms with E-state index >= 15 is 0 Å². The summed E-state index contributed by atoms with van der Waals surface area (Å²) in [7, 11) is -3.84. The number of piperazine rings is 1. The van der Waals surface area contributed by atoms with Crippen LogP contribution in [0.25, 0.3) is 0 Å². The lowest BCUT2D eigenvalue weighted by Gasteiger charge is -2.36. The normalized spacial score (nSPS) is 16.1. The molecule has 1 aliphatic heterocycles. The quantitative estimate of drug-likeness (QED) is 0.333. The van der Waals surface area contributed by atoms with Crippen molar-refractivity contribution in [3.8, 4) is 5.75 Å². The summed E-state index contributed by atoms with van der Waals surface area (Å²) in [6.07, 6.45) is -0.232. The van der Waals surface area contributed by atoms with Crippen molar-refractivity contribution in [2.24, 2.45) is 0 Å². The first-order valence-corrected chi connectivity index (χ1v) is 13.7. The maximum Gasteiger partial charge on any atom is 0.387 e. The molecule has 37 heavy (non-hydrogen) atoms. The predicted molar refractivity (Wildman–Crippen MR) is 138 cm³/mol. The van der Waals surface area contributed by atoms with Crippen LogP contribution in [-0.4, -0.2) is 57.0 Å². The Labute approximate surface area is 221 Å². The number of hydrogen-bond acceptors (Lipinski definition) is 5. The first-order chi connectivity index (χ1) is 17.7. The van der Waals surface area contributed by atoms with Gasteiger partial charge in [-0.05, 0) is 42.3 Å². The Kier molecular flexibility index (Phi) is 9.15. The number of halogens is 3. The van der Waals surface area contributed by atoms with Gasteiger partial charge in [-0.2, -0.15) is 13.1 Å². The van der Waals surface area contributed by atoms with Crippen molar-refractivity contribution in [2.45, 2.75) is 31.1 Å². The molecule has 1 saturated heterocycles. The van der Waals surface area contributed by atoms with Crippen LogP contribution in [0, 0.1) is 6.92 Å². The molecule has 0 amide bonds. The molecule has 6 nitrogen and oxygen atoms in total. The molecule has 3 aromatic rings. The highest BCUT2D eigenvalue weighted by molar-refractivity contribution is 7.89. The van der Waals surface area contributed by atoms with E-state index in [-0.39, 0.29) is 29.8 Å². The number of sulfonamides is 1. The molecule has 0 saturated carbocycles. The smallest absolute Gasteiger partial charge is 0.387 e. The van der Waals surface area contributed by atoms with Crippen molar-refractivity contribution in [3.63, 3.8) is 0 Å². The third kappa shape index (κ3) is 7.49. The van der Waals surface area contributed by atoms with E-state index in [1.807, 2.05) is 49.4 Å². The first kappa shape index (κ1) is 27.5. The Morgan fingerprint density at radius 2 is 1.65 bits per heavy atom. The van der Waals surface area contributed by atoms with Crippen molar-refractivity contribution in [1.82, 2.24) is 9.21 Å². The van der Waals surface area contributed by atoms with E-state index in [0.717, 1.165) is 22.8 Å². The van der Waals surface area contributed by atoms with E-state index in [0.29, 0.717) is 31.3 Å². The second-order valence-electron chi connectivity index (χ2n) is 8.90. The van der Waals surface area contributed by atoms with Crippen LogP contribution in [0.4, 0.5) is 8.78 Å². The minimum Gasteiger partial charge on any atom is -0.435 e. The highest BCUT2D eigenvalue weighted by Gasteiger charge is 2.30. The van der Waals surface area contributed by atoms with Gasteiger partial charge < -0.3 is 9.47 Å². The number of hydrogen-bond donors (Lipinski definition) is 0. The van der Waals surface area contributed by atoms with Gasteiger partial charge in [0.1, 0.15) is 5.75 Å². The molecule has 1 heterocycles. The Morgan fingerprint density at radius 3 is 2.32 bits per heavy atom. The van der Waals surface area contributed by atoms with Crippen LogP contribution in [0.15, 0.2) is 77.7 Å². The zero-order valence-corrected chi connectivity index (χ0v) is 22.0. The van der Waals surface area contributed by atoms with Gasteiger partial charge in [0.25, 0.3) is 0 Å². The van der Waals surface area contributed by atoms with Gasteiger partial charge >= 0.3 is 6.61 Å². The van der Waals surface area contributed by atoms with E-state index in [2.05, 4.69) is 15.7 Å². The monoisotopic (exact) mass is 550 g/mol. The number of alkyl halides is 2. The van der Waals surface area contributed by atoms with Gasteiger partial charge in [0.05, 0.1) is 17.6 Å². The Hall–Kier alpha value is -2.56.